The third-order valence-corrected chi connectivity index (χ3v) is 3.16. The Hall–Kier alpha value is -1.52. The molecule has 1 aromatic carbocycles. The highest BCUT2D eigenvalue weighted by Crippen LogP contribution is 2.27. The Morgan fingerprint density at radius 3 is 2.30 bits per heavy atom. The molecule has 2 aromatic rings. The van der Waals surface area contributed by atoms with Gasteiger partial charge in [0.25, 0.3) is 5.56 Å². The van der Waals surface area contributed by atoms with Crippen LogP contribution in [0.3, 0.4) is 0 Å². The Balaban J connectivity index is 2.37. The minimum absolute atomic E-state index is 0.00451. The van der Waals surface area contributed by atoms with E-state index in [1.165, 1.54) is 10.9 Å². The van der Waals surface area contributed by atoms with Gasteiger partial charge in [-0.25, -0.2) is 4.68 Å². The van der Waals surface area contributed by atoms with Crippen LogP contribution in [0, 0.1) is 0 Å². The van der Waals surface area contributed by atoms with Gasteiger partial charge in [0.1, 0.15) is 5.75 Å². The maximum Gasteiger partial charge on any atom is 0.289 e. The van der Waals surface area contributed by atoms with E-state index in [4.69, 9.17) is 27.9 Å². The summed E-state index contributed by atoms with van der Waals surface area (Å²) in [5, 5.41) is 4.70. The Labute approximate surface area is 126 Å². The second kappa shape index (κ2) is 5.46. The lowest BCUT2D eigenvalue weighted by atomic mass is 10.1. The van der Waals surface area contributed by atoms with Crippen LogP contribution in [0.5, 0.6) is 11.5 Å². The summed E-state index contributed by atoms with van der Waals surface area (Å²) in [6, 6.07) is 6.76. The molecule has 0 saturated heterocycles. The quantitative estimate of drug-likeness (QED) is 0.838. The van der Waals surface area contributed by atoms with Crippen LogP contribution in [-0.4, -0.2) is 9.78 Å². The average molecular weight is 313 g/mol. The zero-order valence-electron chi connectivity index (χ0n) is 11.4. The van der Waals surface area contributed by atoms with Crippen LogP contribution in [0.1, 0.15) is 20.8 Å². The summed E-state index contributed by atoms with van der Waals surface area (Å²) in [5.74, 6) is 0.755. The topological polar surface area (TPSA) is 44.1 Å². The summed E-state index contributed by atoms with van der Waals surface area (Å²) in [6.45, 7) is 5.62. The average Bonchev–Trinajstić information content (AvgIpc) is 2.36. The lowest BCUT2D eigenvalue weighted by Crippen LogP contribution is -2.36. The van der Waals surface area contributed by atoms with Gasteiger partial charge < -0.3 is 4.74 Å². The summed E-state index contributed by atoms with van der Waals surface area (Å²) in [7, 11) is 0. The highest BCUT2D eigenvalue weighted by molar-refractivity contribution is 6.31. The van der Waals surface area contributed by atoms with Gasteiger partial charge in [0, 0.05) is 5.02 Å². The first kappa shape index (κ1) is 14.9. The zero-order chi connectivity index (χ0) is 14.9. The van der Waals surface area contributed by atoms with Gasteiger partial charge in [0.2, 0.25) is 0 Å². The Kier molecular flexibility index (Phi) is 4.06. The van der Waals surface area contributed by atoms with Gasteiger partial charge >= 0.3 is 0 Å². The Bertz CT molecular complexity index is 673. The van der Waals surface area contributed by atoms with E-state index < -0.39 is 5.54 Å². The van der Waals surface area contributed by atoms with E-state index in [1.54, 1.807) is 24.3 Å². The SMILES string of the molecule is CC(C)(C)n1ncc(Oc2ccc(Cl)cc2)c(Cl)c1=O. The zero-order valence-corrected chi connectivity index (χ0v) is 12.9. The van der Waals surface area contributed by atoms with Gasteiger partial charge in [-0.15, -0.1) is 0 Å². The molecule has 1 heterocycles. The maximum atomic E-state index is 12.1. The predicted molar refractivity (Wildman–Crippen MR) is 80.0 cm³/mol. The summed E-state index contributed by atoms with van der Waals surface area (Å²) in [4.78, 5) is 12.1. The second-order valence-electron chi connectivity index (χ2n) is 5.27. The van der Waals surface area contributed by atoms with Crippen LogP contribution in [0.4, 0.5) is 0 Å². The second-order valence-corrected chi connectivity index (χ2v) is 6.08. The molecule has 106 valence electrons. The summed E-state index contributed by atoms with van der Waals surface area (Å²) in [5.41, 5.74) is -0.829. The molecule has 0 bridgehead atoms. The van der Waals surface area contributed by atoms with Crippen LogP contribution in [-0.2, 0) is 5.54 Å². The molecule has 0 aliphatic carbocycles. The third-order valence-electron chi connectivity index (χ3n) is 2.56. The van der Waals surface area contributed by atoms with E-state index in [2.05, 4.69) is 5.10 Å². The largest absolute Gasteiger partial charge is 0.454 e. The van der Waals surface area contributed by atoms with Gasteiger partial charge in [-0.3, -0.25) is 4.79 Å². The first-order valence-corrected chi connectivity index (χ1v) is 6.76. The molecule has 0 aliphatic heterocycles. The Morgan fingerprint density at radius 1 is 1.15 bits per heavy atom. The number of nitrogens with zero attached hydrogens (tertiary/aromatic N) is 2. The molecule has 2 rings (SSSR count). The smallest absolute Gasteiger partial charge is 0.289 e. The van der Waals surface area contributed by atoms with E-state index in [9.17, 15) is 4.79 Å². The number of hydrogen-bond acceptors (Lipinski definition) is 3. The number of benzene rings is 1. The van der Waals surface area contributed by atoms with Crippen molar-refractivity contribution in [1.29, 1.82) is 0 Å². The van der Waals surface area contributed by atoms with Gasteiger partial charge in [0.15, 0.2) is 10.8 Å². The monoisotopic (exact) mass is 312 g/mol. The molecule has 0 N–H and O–H groups in total. The lowest BCUT2D eigenvalue weighted by molar-refractivity contribution is 0.333. The van der Waals surface area contributed by atoms with Gasteiger partial charge in [-0.05, 0) is 45.0 Å². The van der Waals surface area contributed by atoms with Crippen molar-refractivity contribution in [3.05, 3.63) is 50.9 Å². The molecule has 0 amide bonds. The summed E-state index contributed by atoms with van der Waals surface area (Å²) >= 11 is 11.9. The predicted octanol–water partition coefficient (Wildman–Crippen LogP) is 4.10. The normalized spacial score (nSPS) is 11.4. The van der Waals surface area contributed by atoms with Crippen LogP contribution in [0.15, 0.2) is 35.3 Å². The fraction of sp³-hybridized carbons (Fsp3) is 0.286. The highest BCUT2D eigenvalue weighted by Gasteiger charge is 2.20. The van der Waals surface area contributed by atoms with Crippen LogP contribution < -0.4 is 10.3 Å². The fourth-order valence-corrected chi connectivity index (χ4v) is 1.89. The van der Waals surface area contributed by atoms with E-state index in [0.29, 0.717) is 10.8 Å². The van der Waals surface area contributed by atoms with Crippen LogP contribution >= 0.6 is 23.2 Å². The molecule has 0 atom stereocenters. The molecule has 4 nitrogen and oxygen atoms in total. The van der Waals surface area contributed by atoms with Crippen molar-refractivity contribution >= 4 is 23.2 Å². The third kappa shape index (κ3) is 3.14. The molecule has 20 heavy (non-hydrogen) atoms. The highest BCUT2D eigenvalue weighted by atomic mass is 35.5. The Morgan fingerprint density at radius 2 is 1.75 bits per heavy atom. The van der Waals surface area contributed by atoms with Gasteiger partial charge in [0.05, 0.1) is 11.7 Å². The van der Waals surface area contributed by atoms with Gasteiger partial charge in [-0.1, -0.05) is 23.2 Å². The molecule has 0 radical (unpaired) electrons. The molecular formula is C14H14Cl2N2O2. The maximum absolute atomic E-state index is 12.1. The van der Waals surface area contributed by atoms with Crippen molar-refractivity contribution in [2.75, 3.05) is 0 Å². The van der Waals surface area contributed by atoms with E-state index >= 15 is 0 Å². The van der Waals surface area contributed by atoms with Gasteiger partial charge in [-0.2, -0.15) is 5.10 Å². The van der Waals surface area contributed by atoms with E-state index in [1.807, 2.05) is 20.8 Å². The number of halogens is 2. The summed E-state index contributed by atoms with van der Waals surface area (Å²) in [6.07, 6.45) is 1.43. The number of hydrogen-bond donors (Lipinski definition) is 0. The number of aromatic nitrogens is 2. The molecule has 0 aliphatic rings. The van der Waals surface area contributed by atoms with E-state index in [0.717, 1.165) is 0 Å². The van der Waals surface area contributed by atoms with Crippen molar-refractivity contribution in [3.8, 4) is 11.5 Å². The minimum Gasteiger partial charge on any atom is -0.454 e. The van der Waals surface area contributed by atoms with E-state index in [-0.39, 0.29) is 16.3 Å². The molecule has 0 fully saturated rings. The summed E-state index contributed by atoms with van der Waals surface area (Å²) < 4.78 is 6.87. The number of rotatable bonds is 2. The standard InChI is InChI=1S/C14H14Cl2N2O2/c1-14(2,3)18-13(19)12(16)11(8-17-18)20-10-6-4-9(15)5-7-10/h4-8H,1-3H3. The van der Waals surface area contributed by atoms with Crippen molar-refractivity contribution < 1.29 is 4.74 Å². The molecule has 0 saturated carbocycles. The molecule has 1 aromatic heterocycles. The van der Waals surface area contributed by atoms with Crippen molar-refractivity contribution in [2.24, 2.45) is 0 Å². The molecule has 6 heteroatoms. The first-order chi connectivity index (χ1) is 9.29. The number of ether oxygens (including phenoxy) is 1. The fourth-order valence-electron chi connectivity index (χ4n) is 1.60. The van der Waals surface area contributed by atoms with Crippen LogP contribution in [0.2, 0.25) is 10.0 Å². The van der Waals surface area contributed by atoms with Crippen molar-refractivity contribution in [2.45, 2.75) is 26.3 Å². The lowest BCUT2D eigenvalue weighted by Gasteiger charge is -2.21. The molecular weight excluding hydrogens is 299 g/mol. The van der Waals surface area contributed by atoms with Crippen molar-refractivity contribution in [1.82, 2.24) is 9.78 Å². The van der Waals surface area contributed by atoms with Crippen LogP contribution in [0.25, 0.3) is 0 Å². The first-order valence-electron chi connectivity index (χ1n) is 6.01. The molecule has 0 unspecified atom stereocenters. The molecule has 0 spiro atoms. The minimum atomic E-state index is -0.445. The van der Waals surface area contributed by atoms with Crippen molar-refractivity contribution in [3.63, 3.8) is 0 Å².